The van der Waals surface area contributed by atoms with Crippen LogP contribution in [-0.4, -0.2) is 30.9 Å². The van der Waals surface area contributed by atoms with E-state index in [0.717, 1.165) is 12.1 Å². The van der Waals surface area contributed by atoms with Crippen LogP contribution in [0.5, 0.6) is 0 Å². The fraction of sp³-hybridized carbons (Fsp3) is 0.417. The van der Waals surface area contributed by atoms with E-state index in [-0.39, 0.29) is 5.91 Å². The van der Waals surface area contributed by atoms with Gasteiger partial charge in [-0.1, -0.05) is 24.6 Å². The SMILES string of the molecule is CCN(CC(=O)NC)Cc1ccc(Cl)cc1N. The Hall–Kier alpha value is -1.26. The van der Waals surface area contributed by atoms with Crippen molar-refractivity contribution in [3.05, 3.63) is 28.8 Å². The van der Waals surface area contributed by atoms with Gasteiger partial charge >= 0.3 is 0 Å². The molecule has 3 N–H and O–H groups in total. The van der Waals surface area contributed by atoms with E-state index in [1.165, 1.54) is 0 Å². The molecule has 0 atom stereocenters. The number of rotatable bonds is 5. The Kier molecular flexibility index (Phi) is 5.25. The molecule has 0 aliphatic heterocycles. The van der Waals surface area contributed by atoms with Crippen LogP contribution < -0.4 is 11.1 Å². The van der Waals surface area contributed by atoms with E-state index in [4.69, 9.17) is 17.3 Å². The number of likely N-dealkylation sites (N-methyl/N-ethyl adjacent to an activating group) is 2. The van der Waals surface area contributed by atoms with Crippen molar-refractivity contribution in [1.82, 2.24) is 10.2 Å². The second kappa shape index (κ2) is 6.47. The highest BCUT2D eigenvalue weighted by Gasteiger charge is 2.10. The molecule has 0 heterocycles. The first kappa shape index (κ1) is 13.8. The minimum Gasteiger partial charge on any atom is -0.398 e. The Bertz CT molecular complexity index is 395. The van der Waals surface area contributed by atoms with Crippen LogP contribution >= 0.6 is 11.6 Å². The van der Waals surface area contributed by atoms with E-state index >= 15 is 0 Å². The summed E-state index contributed by atoms with van der Waals surface area (Å²) in [6.45, 7) is 3.81. The maximum atomic E-state index is 11.3. The van der Waals surface area contributed by atoms with Crippen molar-refractivity contribution in [2.24, 2.45) is 0 Å². The first-order valence-corrected chi connectivity index (χ1v) is 5.91. The zero-order chi connectivity index (χ0) is 12.8. The number of anilines is 1. The number of nitrogen functional groups attached to an aromatic ring is 1. The van der Waals surface area contributed by atoms with Gasteiger partial charge in [0, 0.05) is 24.3 Å². The molecule has 0 spiro atoms. The summed E-state index contributed by atoms with van der Waals surface area (Å²) >= 11 is 5.84. The number of nitrogens with two attached hydrogens (primary N) is 1. The molecule has 0 saturated heterocycles. The van der Waals surface area contributed by atoms with Crippen molar-refractivity contribution < 1.29 is 4.79 Å². The first-order valence-electron chi connectivity index (χ1n) is 5.53. The van der Waals surface area contributed by atoms with E-state index in [0.29, 0.717) is 23.8 Å². The highest BCUT2D eigenvalue weighted by molar-refractivity contribution is 6.30. The van der Waals surface area contributed by atoms with Gasteiger partial charge in [0.2, 0.25) is 5.91 Å². The van der Waals surface area contributed by atoms with Gasteiger partial charge in [-0.2, -0.15) is 0 Å². The summed E-state index contributed by atoms with van der Waals surface area (Å²) in [5, 5.41) is 3.23. The Morgan fingerprint density at radius 3 is 2.76 bits per heavy atom. The summed E-state index contributed by atoms with van der Waals surface area (Å²) in [6.07, 6.45) is 0. The van der Waals surface area contributed by atoms with Gasteiger partial charge in [-0.05, 0) is 24.2 Å². The highest BCUT2D eigenvalue weighted by Crippen LogP contribution is 2.19. The number of benzene rings is 1. The van der Waals surface area contributed by atoms with E-state index in [2.05, 4.69) is 5.32 Å². The molecule has 0 radical (unpaired) electrons. The number of carbonyl (C=O) groups is 1. The Balaban J connectivity index is 2.70. The smallest absolute Gasteiger partial charge is 0.233 e. The molecular formula is C12H18ClN3O. The summed E-state index contributed by atoms with van der Waals surface area (Å²) in [6, 6.07) is 5.43. The largest absolute Gasteiger partial charge is 0.398 e. The number of amides is 1. The number of carbonyl (C=O) groups excluding carboxylic acids is 1. The van der Waals surface area contributed by atoms with Crippen LogP contribution in [-0.2, 0) is 11.3 Å². The lowest BCUT2D eigenvalue weighted by atomic mass is 10.1. The third kappa shape index (κ3) is 4.24. The fourth-order valence-electron chi connectivity index (χ4n) is 1.51. The Morgan fingerprint density at radius 1 is 1.53 bits per heavy atom. The summed E-state index contributed by atoms with van der Waals surface area (Å²) in [5.74, 6) is -0.000569. The minimum absolute atomic E-state index is 0.000569. The normalized spacial score (nSPS) is 10.6. The molecule has 17 heavy (non-hydrogen) atoms. The van der Waals surface area contributed by atoms with Crippen LogP contribution in [0, 0.1) is 0 Å². The van der Waals surface area contributed by atoms with Crippen LogP contribution in [0.3, 0.4) is 0 Å². The molecule has 1 amide bonds. The maximum Gasteiger partial charge on any atom is 0.233 e. The summed E-state index contributed by atoms with van der Waals surface area (Å²) in [5.41, 5.74) is 7.52. The van der Waals surface area contributed by atoms with Gasteiger partial charge in [-0.15, -0.1) is 0 Å². The molecule has 1 rings (SSSR count). The fourth-order valence-corrected chi connectivity index (χ4v) is 1.69. The highest BCUT2D eigenvalue weighted by atomic mass is 35.5. The summed E-state index contributed by atoms with van der Waals surface area (Å²) in [4.78, 5) is 13.3. The predicted molar refractivity (Wildman–Crippen MR) is 70.9 cm³/mol. The molecule has 1 aromatic rings. The van der Waals surface area contributed by atoms with Crippen molar-refractivity contribution in [1.29, 1.82) is 0 Å². The van der Waals surface area contributed by atoms with Gasteiger partial charge in [0.05, 0.1) is 6.54 Å². The summed E-state index contributed by atoms with van der Waals surface area (Å²) in [7, 11) is 1.63. The van der Waals surface area contributed by atoms with Crippen LogP contribution in [0.15, 0.2) is 18.2 Å². The van der Waals surface area contributed by atoms with Crippen molar-refractivity contribution in [2.45, 2.75) is 13.5 Å². The number of nitrogens with one attached hydrogen (secondary N) is 1. The number of halogens is 1. The third-order valence-electron chi connectivity index (χ3n) is 2.60. The van der Waals surface area contributed by atoms with E-state index in [1.807, 2.05) is 17.9 Å². The van der Waals surface area contributed by atoms with Crippen LogP contribution in [0.1, 0.15) is 12.5 Å². The van der Waals surface area contributed by atoms with Crippen molar-refractivity contribution in [3.63, 3.8) is 0 Å². The zero-order valence-electron chi connectivity index (χ0n) is 10.2. The van der Waals surface area contributed by atoms with Crippen molar-refractivity contribution >= 4 is 23.2 Å². The lowest BCUT2D eigenvalue weighted by molar-refractivity contribution is -0.121. The average molecular weight is 256 g/mol. The average Bonchev–Trinajstić information content (AvgIpc) is 2.31. The topological polar surface area (TPSA) is 58.4 Å². The second-order valence-electron chi connectivity index (χ2n) is 3.82. The first-order chi connectivity index (χ1) is 8.06. The Labute approximate surface area is 107 Å². The van der Waals surface area contributed by atoms with Gasteiger partial charge in [0.1, 0.15) is 0 Å². The monoisotopic (exact) mass is 255 g/mol. The van der Waals surface area contributed by atoms with Gasteiger partial charge in [-0.25, -0.2) is 0 Å². The van der Waals surface area contributed by atoms with Crippen molar-refractivity contribution in [2.75, 3.05) is 25.9 Å². The van der Waals surface area contributed by atoms with Gasteiger partial charge in [0.15, 0.2) is 0 Å². The van der Waals surface area contributed by atoms with E-state index in [1.54, 1.807) is 19.2 Å². The number of hydrogen-bond acceptors (Lipinski definition) is 3. The molecule has 1 aromatic carbocycles. The molecule has 0 aliphatic carbocycles. The van der Waals surface area contributed by atoms with Crippen LogP contribution in [0.4, 0.5) is 5.69 Å². The molecule has 94 valence electrons. The molecule has 0 fully saturated rings. The molecule has 0 aliphatic rings. The Morgan fingerprint density at radius 2 is 2.24 bits per heavy atom. The number of nitrogens with zero attached hydrogens (tertiary/aromatic N) is 1. The van der Waals surface area contributed by atoms with Gasteiger partial charge < -0.3 is 11.1 Å². The standard InChI is InChI=1S/C12H18ClN3O/c1-3-16(8-12(17)15-2)7-9-4-5-10(13)6-11(9)14/h4-6H,3,7-8,14H2,1-2H3,(H,15,17). The van der Waals surface area contributed by atoms with Gasteiger partial charge in [0.25, 0.3) is 0 Å². The minimum atomic E-state index is -0.000569. The number of hydrogen-bond donors (Lipinski definition) is 2. The maximum absolute atomic E-state index is 11.3. The van der Waals surface area contributed by atoms with Crippen LogP contribution in [0.2, 0.25) is 5.02 Å². The van der Waals surface area contributed by atoms with Gasteiger partial charge in [-0.3, -0.25) is 9.69 Å². The van der Waals surface area contributed by atoms with E-state index in [9.17, 15) is 4.79 Å². The predicted octanol–water partition coefficient (Wildman–Crippen LogP) is 1.49. The molecule has 0 unspecified atom stereocenters. The lowest BCUT2D eigenvalue weighted by Crippen LogP contribution is -2.35. The second-order valence-corrected chi connectivity index (χ2v) is 4.26. The summed E-state index contributed by atoms with van der Waals surface area (Å²) < 4.78 is 0. The van der Waals surface area contributed by atoms with E-state index < -0.39 is 0 Å². The lowest BCUT2D eigenvalue weighted by Gasteiger charge is -2.20. The van der Waals surface area contributed by atoms with Crippen LogP contribution in [0.25, 0.3) is 0 Å². The molecule has 0 aromatic heterocycles. The molecule has 4 nitrogen and oxygen atoms in total. The third-order valence-corrected chi connectivity index (χ3v) is 2.83. The van der Waals surface area contributed by atoms with Crippen molar-refractivity contribution in [3.8, 4) is 0 Å². The molecular weight excluding hydrogens is 238 g/mol. The quantitative estimate of drug-likeness (QED) is 0.784. The molecule has 5 heteroatoms. The molecule has 0 saturated carbocycles. The molecule has 0 bridgehead atoms. The zero-order valence-corrected chi connectivity index (χ0v) is 10.9.